The molecule has 0 spiro atoms. The minimum Gasteiger partial charge on any atom is -0.496 e. The zero-order valence-electron chi connectivity index (χ0n) is 19.5. The van der Waals surface area contributed by atoms with E-state index in [1.807, 2.05) is 0 Å². The number of rotatable bonds is 5. The third-order valence-corrected chi connectivity index (χ3v) is 5.85. The zero-order chi connectivity index (χ0) is 25.4. The molecule has 0 saturated carbocycles. The van der Waals surface area contributed by atoms with Gasteiger partial charge in [-0.3, -0.25) is 25.0 Å². The average molecular weight is 474 g/mol. The van der Waals surface area contributed by atoms with Gasteiger partial charge in [-0.15, -0.1) is 0 Å². The molecule has 10 nitrogen and oxygen atoms in total. The Balaban J connectivity index is 1.81. The van der Waals surface area contributed by atoms with E-state index in [0.29, 0.717) is 39.6 Å². The Morgan fingerprint density at radius 1 is 1.00 bits per heavy atom. The molecule has 1 aliphatic rings. The number of imide groups is 2. The monoisotopic (exact) mass is 474 g/mol. The van der Waals surface area contributed by atoms with E-state index in [1.165, 1.54) is 19.3 Å². The van der Waals surface area contributed by atoms with E-state index >= 15 is 0 Å². The van der Waals surface area contributed by atoms with E-state index in [0.717, 1.165) is 4.90 Å². The summed E-state index contributed by atoms with van der Waals surface area (Å²) in [6, 6.07) is 12.2. The van der Waals surface area contributed by atoms with E-state index in [1.54, 1.807) is 67.8 Å². The van der Waals surface area contributed by atoms with Crippen molar-refractivity contribution in [2.24, 2.45) is 0 Å². The minimum absolute atomic E-state index is 0.159. The van der Waals surface area contributed by atoms with Crippen molar-refractivity contribution in [1.29, 1.82) is 0 Å². The summed E-state index contributed by atoms with van der Waals surface area (Å²) in [5.74, 6) is -1.23. The van der Waals surface area contributed by atoms with Crippen molar-refractivity contribution in [3.05, 3.63) is 86.7 Å². The van der Waals surface area contributed by atoms with Crippen molar-refractivity contribution >= 4 is 35.3 Å². The Hall–Kier alpha value is -4.73. The Kier molecular flexibility index (Phi) is 5.96. The van der Waals surface area contributed by atoms with Crippen LogP contribution in [-0.2, 0) is 9.59 Å². The van der Waals surface area contributed by atoms with Crippen LogP contribution < -0.4 is 15.0 Å². The molecule has 4 amide bonds. The molecule has 2 heterocycles. The highest BCUT2D eigenvalue weighted by Crippen LogP contribution is 2.32. The minimum atomic E-state index is -0.828. The lowest BCUT2D eigenvalue weighted by atomic mass is 10.1. The second-order valence-corrected chi connectivity index (χ2v) is 8.02. The molecule has 0 unspecified atom stereocenters. The standard InChI is InChI=1S/C25H22N4O6/c1-14-7-5-6-8-20(14)28-24(31)19(23(30)26-25(28)32)12-17-11-15(2)27(16(17)3)21-10-9-18(35-4)13-22(21)29(33)34/h5-13H,1-4H3,(H,26,30,32). The van der Waals surface area contributed by atoms with Crippen molar-refractivity contribution < 1.29 is 24.0 Å². The van der Waals surface area contributed by atoms with Crippen LogP contribution in [-0.4, -0.2) is 34.4 Å². The number of aromatic nitrogens is 1. The van der Waals surface area contributed by atoms with Crippen LogP contribution in [0.15, 0.2) is 54.1 Å². The van der Waals surface area contributed by atoms with E-state index in [-0.39, 0.29) is 11.3 Å². The third kappa shape index (κ3) is 4.05. The van der Waals surface area contributed by atoms with Gasteiger partial charge < -0.3 is 9.30 Å². The number of amides is 4. The fourth-order valence-corrected chi connectivity index (χ4v) is 4.12. The van der Waals surface area contributed by atoms with E-state index < -0.39 is 22.8 Å². The quantitative estimate of drug-likeness (QED) is 0.258. The van der Waals surface area contributed by atoms with Crippen molar-refractivity contribution in [2.75, 3.05) is 12.0 Å². The highest BCUT2D eigenvalue weighted by Gasteiger charge is 2.37. The first-order valence-electron chi connectivity index (χ1n) is 10.6. The van der Waals surface area contributed by atoms with Gasteiger partial charge >= 0.3 is 6.03 Å². The van der Waals surface area contributed by atoms with Gasteiger partial charge in [0.15, 0.2) is 0 Å². The number of barbiturate groups is 1. The number of nitro benzene ring substituents is 1. The number of nitrogens with zero attached hydrogens (tertiary/aromatic N) is 3. The lowest BCUT2D eigenvalue weighted by molar-refractivity contribution is -0.384. The fourth-order valence-electron chi connectivity index (χ4n) is 4.12. The predicted octanol–water partition coefficient (Wildman–Crippen LogP) is 3.99. The molecular formula is C25H22N4O6. The lowest BCUT2D eigenvalue weighted by Gasteiger charge is -2.27. The predicted molar refractivity (Wildman–Crippen MR) is 129 cm³/mol. The molecule has 2 aromatic carbocycles. The van der Waals surface area contributed by atoms with Gasteiger partial charge in [-0.1, -0.05) is 18.2 Å². The van der Waals surface area contributed by atoms with Gasteiger partial charge in [0.1, 0.15) is 17.0 Å². The van der Waals surface area contributed by atoms with Crippen LogP contribution in [0.5, 0.6) is 5.75 Å². The molecule has 0 radical (unpaired) electrons. The summed E-state index contributed by atoms with van der Waals surface area (Å²) >= 11 is 0. The van der Waals surface area contributed by atoms with Crippen LogP contribution in [0.4, 0.5) is 16.2 Å². The molecule has 4 rings (SSSR count). The number of anilines is 1. The second kappa shape index (κ2) is 8.90. The number of nitrogens with one attached hydrogen (secondary N) is 1. The molecular weight excluding hydrogens is 452 g/mol. The first-order valence-corrected chi connectivity index (χ1v) is 10.6. The first-order chi connectivity index (χ1) is 16.6. The van der Waals surface area contributed by atoms with Crippen LogP contribution in [0, 0.1) is 30.9 Å². The summed E-state index contributed by atoms with van der Waals surface area (Å²) in [5, 5.41) is 13.9. The number of nitro groups is 1. The van der Waals surface area contributed by atoms with Gasteiger partial charge in [0, 0.05) is 11.4 Å². The highest BCUT2D eigenvalue weighted by atomic mass is 16.6. The molecule has 178 valence electrons. The molecule has 0 atom stereocenters. The number of para-hydroxylation sites is 1. The van der Waals surface area contributed by atoms with E-state index in [9.17, 15) is 24.5 Å². The molecule has 1 aromatic heterocycles. The lowest BCUT2D eigenvalue weighted by Crippen LogP contribution is -2.54. The molecule has 0 aliphatic carbocycles. The Labute approximate surface area is 200 Å². The van der Waals surface area contributed by atoms with Crippen molar-refractivity contribution in [3.8, 4) is 11.4 Å². The summed E-state index contributed by atoms with van der Waals surface area (Å²) in [6.07, 6.45) is 1.39. The normalized spacial score (nSPS) is 14.9. The van der Waals surface area contributed by atoms with Crippen LogP contribution >= 0.6 is 0 Å². The molecule has 1 saturated heterocycles. The van der Waals surface area contributed by atoms with Gasteiger partial charge in [0.25, 0.3) is 17.5 Å². The van der Waals surface area contributed by atoms with Gasteiger partial charge in [-0.25, -0.2) is 9.69 Å². The third-order valence-electron chi connectivity index (χ3n) is 5.85. The summed E-state index contributed by atoms with van der Waals surface area (Å²) in [5.41, 5.74) is 2.71. The van der Waals surface area contributed by atoms with E-state index in [4.69, 9.17) is 4.74 Å². The van der Waals surface area contributed by atoms with Crippen molar-refractivity contribution in [3.63, 3.8) is 0 Å². The number of ether oxygens (including phenoxy) is 1. The van der Waals surface area contributed by atoms with Crippen LogP contribution in [0.1, 0.15) is 22.5 Å². The maximum absolute atomic E-state index is 13.3. The topological polar surface area (TPSA) is 124 Å². The van der Waals surface area contributed by atoms with E-state index in [2.05, 4.69) is 5.32 Å². The Morgan fingerprint density at radius 2 is 1.71 bits per heavy atom. The second-order valence-electron chi connectivity index (χ2n) is 8.02. The number of methoxy groups -OCH3 is 1. The maximum atomic E-state index is 13.3. The van der Waals surface area contributed by atoms with Gasteiger partial charge in [0.2, 0.25) is 0 Å². The SMILES string of the molecule is COc1ccc(-n2c(C)cc(C=C3C(=O)NC(=O)N(c4ccccc4C)C3=O)c2C)c([N+](=O)[O-])c1. The number of urea groups is 1. The zero-order valence-corrected chi connectivity index (χ0v) is 19.5. The number of carbonyl (C=O) groups is 3. The molecule has 1 aliphatic heterocycles. The smallest absolute Gasteiger partial charge is 0.335 e. The van der Waals surface area contributed by atoms with Gasteiger partial charge in [-0.05, 0) is 62.2 Å². The largest absolute Gasteiger partial charge is 0.496 e. The number of benzene rings is 2. The number of hydrogen-bond acceptors (Lipinski definition) is 6. The van der Waals surface area contributed by atoms with Crippen LogP contribution in [0.2, 0.25) is 0 Å². The maximum Gasteiger partial charge on any atom is 0.335 e. The summed E-state index contributed by atoms with van der Waals surface area (Å²) in [7, 11) is 1.42. The molecule has 35 heavy (non-hydrogen) atoms. The summed E-state index contributed by atoms with van der Waals surface area (Å²) in [6.45, 7) is 5.24. The number of aryl methyl sites for hydroxylation is 2. The summed E-state index contributed by atoms with van der Waals surface area (Å²) < 4.78 is 6.78. The molecule has 3 aromatic rings. The number of hydrogen-bond donors (Lipinski definition) is 1. The molecule has 0 bridgehead atoms. The van der Waals surface area contributed by atoms with Crippen molar-refractivity contribution in [1.82, 2.24) is 9.88 Å². The van der Waals surface area contributed by atoms with Crippen LogP contribution in [0.25, 0.3) is 11.8 Å². The van der Waals surface area contributed by atoms with Gasteiger partial charge in [-0.2, -0.15) is 0 Å². The van der Waals surface area contributed by atoms with Gasteiger partial charge in [0.05, 0.1) is 23.8 Å². The highest BCUT2D eigenvalue weighted by molar-refractivity contribution is 6.39. The molecule has 10 heteroatoms. The van der Waals surface area contributed by atoms with Crippen LogP contribution in [0.3, 0.4) is 0 Å². The fraction of sp³-hybridized carbons (Fsp3) is 0.160. The number of carbonyl (C=O) groups excluding carboxylic acids is 3. The molecule has 1 fully saturated rings. The molecule has 1 N–H and O–H groups in total. The average Bonchev–Trinajstić information content (AvgIpc) is 3.09. The first kappa shape index (κ1) is 23.4. The Morgan fingerprint density at radius 3 is 2.37 bits per heavy atom. The summed E-state index contributed by atoms with van der Waals surface area (Å²) in [4.78, 5) is 50.5. The Bertz CT molecular complexity index is 1440. The van der Waals surface area contributed by atoms with Crippen molar-refractivity contribution in [2.45, 2.75) is 20.8 Å².